The molecule has 37 heavy (non-hydrogen) atoms. The molecule has 1 amide bonds. The van der Waals surface area contributed by atoms with Crippen LogP contribution in [0.5, 0.6) is 0 Å². The monoisotopic (exact) mass is 501 g/mol. The molecule has 0 aliphatic carbocycles. The van der Waals surface area contributed by atoms with Crippen LogP contribution in [-0.2, 0) is 20.8 Å². The first-order valence-electron chi connectivity index (χ1n) is 12.0. The van der Waals surface area contributed by atoms with E-state index in [0.29, 0.717) is 12.0 Å². The van der Waals surface area contributed by atoms with Crippen molar-refractivity contribution in [2.75, 3.05) is 0 Å². The Labute approximate surface area is 215 Å². The van der Waals surface area contributed by atoms with E-state index >= 15 is 0 Å². The minimum absolute atomic E-state index is 0.0432. The van der Waals surface area contributed by atoms with Crippen LogP contribution in [0.1, 0.15) is 42.7 Å². The fourth-order valence-corrected chi connectivity index (χ4v) is 3.76. The van der Waals surface area contributed by atoms with Gasteiger partial charge in [-0.15, -0.1) is 0 Å². The smallest absolute Gasteiger partial charge is 0.270 e. The third kappa shape index (κ3) is 7.45. The summed E-state index contributed by atoms with van der Waals surface area (Å²) < 4.78 is 0. The topological polar surface area (TPSA) is 158 Å². The lowest BCUT2D eigenvalue weighted by Gasteiger charge is -2.24. The molecule has 0 fully saturated rings. The standard InChI is InChI=1S/C28H31N5O4/c1-18(2)14-23(33-27(37)22-11-4-6-13-32-22)24(34)17-26(36)28(29,30)25(35)16-19-8-7-9-20(15-19)21-10-3-5-12-31-21/h3-13,15,18,23H,14,16-17,29-30H2,1-2H3,(H,33,37)/t23-/m0/s1. The largest absolute Gasteiger partial charge is 0.341 e. The number of rotatable bonds is 12. The number of hydrogen-bond acceptors (Lipinski definition) is 8. The third-order valence-corrected chi connectivity index (χ3v) is 5.81. The van der Waals surface area contributed by atoms with Crippen molar-refractivity contribution in [3.63, 3.8) is 0 Å². The van der Waals surface area contributed by atoms with Gasteiger partial charge < -0.3 is 16.8 Å². The molecular weight excluding hydrogens is 470 g/mol. The van der Waals surface area contributed by atoms with Gasteiger partial charge >= 0.3 is 0 Å². The number of Topliss-reactive ketones (excluding diaryl/α,β-unsaturated/α-hetero) is 3. The number of ketones is 3. The van der Waals surface area contributed by atoms with Crippen molar-refractivity contribution in [2.45, 2.75) is 44.8 Å². The Morgan fingerprint density at radius 3 is 2.22 bits per heavy atom. The number of carbonyl (C=O) groups is 4. The fourth-order valence-electron chi connectivity index (χ4n) is 3.76. The molecule has 1 aromatic carbocycles. The van der Waals surface area contributed by atoms with E-state index in [1.165, 1.54) is 12.3 Å². The van der Waals surface area contributed by atoms with Gasteiger partial charge in [0.2, 0.25) is 0 Å². The fraction of sp³-hybridized carbons (Fsp3) is 0.286. The summed E-state index contributed by atoms with van der Waals surface area (Å²) in [6, 6.07) is 16.5. The second-order valence-corrected chi connectivity index (χ2v) is 9.32. The third-order valence-electron chi connectivity index (χ3n) is 5.81. The maximum atomic E-state index is 13.0. The summed E-state index contributed by atoms with van der Waals surface area (Å²) in [7, 11) is 0. The number of carbonyl (C=O) groups excluding carboxylic acids is 4. The molecule has 0 aliphatic heterocycles. The van der Waals surface area contributed by atoms with E-state index in [0.717, 1.165) is 11.3 Å². The molecular formula is C28H31N5O4. The second-order valence-electron chi connectivity index (χ2n) is 9.32. The molecule has 0 aliphatic rings. The quantitative estimate of drug-likeness (QED) is 0.252. The summed E-state index contributed by atoms with van der Waals surface area (Å²) >= 11 is 0. The van der Waals surface area contributed by atoms with E-state index in [1.54, 1.807) is 42.6 Å². The lowest BCUT2D eigenvalue weighted by Crippen LogP contribution is -2.63. The van der Waals surface area contributed by atoms with Crippen LogP contribution in [0.3, 0.4) is 0 Å². The molecule has 1 atom stereocenters. The van der Waals surface area contributed by atoms with Gasteiger partial charge in [-0.2, -0.15) is 0 Å². The Bertz CT molecular complexity index is 1260. The summed E-state index contributed by atoms with van der Waals surface area (Å²) in [5, 5.41) is 2.64. The minimum Gasteiger partial charge on any atom is -0.341 e. The molecule has 0 saturated carbocycles. The van der Waals surface area contributed by atoms with Gasteiger partial charge in [0.15, 0.2) is 23.0 Å². The number of amides is 1. The van der Waals surface area contributed by atoms with E-state index in [2.05, 4.69) is 15.3 Å². The number of nitrogens with zero attached hydrogens (tertiary/aromatic N) is 2. The first-order valence-corrected chi connectivity index (χ1v) is 12.0. The number of aromatic nitrogens is 2. The van der Waals surface area contributed by atoms with Crippen LogP contribution in [0, 0.1) is 5.92 Å². The van der Waals surface area contributed by atoms with Gasteiger partial charge in [0.1, 0.15) is 5.69 Å². The minimum atomic E-state index is -2.36. The summed E-state index contributed by atoms with van der Waals surface area (Å²) in [5.41, 5.74) is 11.8. The van der Waals surface area contributed by atoms with Gasteiger partial charge in [-0.1, -0.05) is 44.2 Å². The van der Waals surface area contributed by atoms with E-state index in [1.807, 2.05) is 32.0 Å². The molecule has 0 saturated heterocycles. The average molecular weight is 502 g/mol. The van der Waals surface area contributed by atoms with Crippen molar-refractivity contribution in [3.05, 3.63) is 84.3 Å². The van der Waals surface area contributed by atoms with Crippen LogP contribution in [0.25, 0.3) is 11.3 Å². The molecule has 2 heterocycles. The lowest BCUT2D eigenvalue weighted by atomic mass is 9.90. The van der Waals surface area contributed by atoms with E-state index in [-0.39, 0.29) is 18.0 Å². The summed E-state index contributed by atoms with van der Waals surface area (Å²) in [5.74, 6) is -2.71. The molecule has 3 aromatic rings. The number of nitrogens with one attached hydrogen (secondary N) is 1. The van der Waals surface area contributed by atoms with Crippen LogP contribution in [0.15, 0.2) is 73.1 Å². The van der Waals surface area contributed by atoms with Crippen LogP contribution in [0.4, 0.5) is 0 Å². The number of pyridine rings is 2. The second kappa shape index (κ2) is 12.2. The van der Waals surface area contributed by atoms with Gasteiger partial charge in [-0.3, -0.25) is 29.1 Å². The highest BCUT2D eigenvalue weighted by Crippen LogP contribution is 2.19. The zero-order valence-corrected chi connectivity index (χ0v) is 20.9. The van der Waals surface area contributed by atoms with Crippen molar-refractivity contribution >= 4 is 23.3 Å². The average Bonchev–Trinajstić information content (AvgIpc) is 2.89. The van der Waals surface area contributed by atoms with E-state index in [9.17, 15) is 19.2 Å². The zero-order chi connectivity index (χ0) is 27.0. The predicted molar refractivity (Wildman–Crippen MR) is 139 cm³/mol. The Morgan fingerprint density at radius 1 is 0.892 bits per heavy atom. The summed E-state index contributed by atoms with van der Waals surface area (Å²) in [6.07, 6.45) is 2.54. The first kappa shape index (κ1) is 27.5. The summed E-state index contributed by atoms with van der Waals surface area (Å²) in [4.78, 5) is 59.7. The lowest BCUT2D eigenvalue weighted by molar-refractivity contribution is -0.136. The molecule has 2 aromatic heterocycles. The molecule has 0 radical (unpaired) electrons. The van der Waals surface area contributed by atoms with Crippen LogP contribution in [-0.4, -0.2) is 44.9 Å². The Balaban J connectivity index is 1.68. The number of nitrogens with two attached hydrogens (primary N) is 2. The van der Waals surface area contributed by atoms with Crippen LogP contribution < -0.4 is 16.8 Å². The van der Waals surface area contributed by atoms with Crippen molar-refractivity contribution in [2.24, 2.45) is 17.4 Å². The molecule has 0 unspecified atom stereocenters. The SMILES string of the molecule is CC(C)C[C@H](NC(=O)c1ccccn1)C(=O)CC(=O)C(N)(N)C(=O)Cc1cccc(-c2ccccn2)c1. The van der Waals surface area contributed by atoms with Gasteiger partial charge in [0.05, 0.1) is 18.2 Å². The van der Waals surface area contributed by atoms with E-state index in [4.69, 9.17) is 11.5 Å². The Morgan fingerprint density at radius 2 is 1.59 bits per heavy atom. The zero-order valence-electron chi connectivity index (χ0n) is 20.9. The summed E-state index contributed by atoms with van der Waals surface area (Å²) in [6.45, 7) is 3.77. The van der Waals surface area contributed by atoms with E-state index < -0.39 is 41.4 Å². The highest BCUT2D eigenvalue weighted by atomic mass is 16.2. The Hall–Kier alpha value is -4.08. The number of hydrogen-bond donors (Lipinski definition) is 3. The van der Waals surface area contributed by atoms with Crippen molar-refractivity contribution in [1.82, 2.24) is 15.3 Å². The Kier molecular flexibility index (Phi) is 9.10. The van der Waals surface area contributed by atoms with Crippen molar-refractivity contribution in [3.8, 4) is 11.3 Å². The van der Waals surface area contributed by atoms with Gasteiger partial charge in [0, 0.05) is 24.4 Å². The molecule has 9 nitrogen and oxygen atoms in total. The van der Waals surface area contributed by atoms with Gasteiger partial charge in [-0.25, -0.2) is 0 Å². The molecule has 192 valence electrons. The molecule has 3 rings (SSSR count). The maximum absolute atomic E-state index is 13.0. The molecule has 0 spiro atoms. The highest BCUT2D eigenvalue weighted by Gasteiger charge is 2.39. The number of benzene rings is 1. The normalized spacial score (nSPS) is 12.1. The van der Waals surface area contributed by atoms with Crippen LogP contribution in [0.2, 0.25) is 0 Å². The molecule has 5 N–H and O–H groups in total. The van der Waals surface area contributed by atoms with Crippen molar-refractivity contribution < 1.29 is 19.2 Å². The predicted octanol–water partition coefficient (Wildman–Crippen LogP) is 2.24. The van der Waals surface area contributed by atoms with Crippen molar-refractivity contribution in [1.29, 1.82) is 0 Å². The van der Waals surface area contributed by atoms with Gasteiger partial charge in [-0.05, 0) is 48.2 Å². The van der Waals surface area contributed by atoms with Crippen LogP contribution >= 0.6 is 0 Å². The van der Waals surface area contributed by atoms with Gasteiger partial charge in [0.25, 0.3) is 5.91 Å². The maximum Gasteiger partial charge on any atom is 0.270 e. The first-order chi connectivity index (χ1) is 17.6. The highest BCUT2D eigenvalue weighted by molar-refractivity contribution is 6.17. The molecule has 9 heteroatoms. The molecule has 0 bridgehead atoms.